The molecule has 2 aromatic heterocycles. The Balaban J connectivity index is 1.18. The number of carbonyl (C=O) groups excluding carboxylic acids is 2. The van der Waals surface area contributed by atoms with E-state index in [4.69, 9.17) is 4.52 Å². The van der Waals surface area contributed by atoms with Gasteiger partial charge in [0.15, 0.2) is 0 Å². The Bertz CT molecular complexity index is 1070. The molecule has 10 heteroatoms. The first-order chi connectivity index (χ1) is 14.7. The molecule has 154 valence electrons. The number of hydrogen-bond acceptors (Lipinski definition) is 8. The highest BCUT2D eigenvalue weighted by Crippen LogP contribution is 2.32. The van der Waals surface area contributed by atoms with E-state index < -0.39 is 0 Å². The first kappa shape index (κ1) is 19.3. The fourth-order valence-corrected chi connectivity index (χ4v) is 4.96. The standard InChI is InChI=1S/C20H19N5O3S2/c26-17-12-30-15-4-3-13(10-14(15)21-17)20(27)25-7-5-24(6-8-25)11-18-22-19(23-28-18)16-2-1-9-29-16/h1-4,9-10H,5-8,11-12H2,(H,21,26). The third kappa shape index (κ3) is 3.98. The predicted octanol–water partition coefficient (Wildman–Crippen LogP) is 2.80. The molecule has 5 rings (SSSR count). The maximum absolute atomic E-state index is 12.9. The van der Waals surface area contributed by atoms with Gasteiger partial charge in [-0.05, 0) is 29.6 Å². The van der Waals surface area contributed by atoms with Crippen LogP contribution in [0.4, 0.5) is 5.69 Å². The van der Waals surface area contributed by atoms with Crippen molar-refractivity contribution in [3.8, 4) is 10.7 Å². The summed E-state index contributed by atoms with van der Waals surface area (Å²) in [4.78, 5) is 35.0. The molecule has 1 saturated heterocycles. The number of benzene rings is 1. The summed E-state index contributed by atoms with van der Waals surface area (Å²) in [5.41, 5.74) is 1.32. The Morgan fingerprint density at radius 2 is 2.07 bits per heavy atom. The monoisotopic (exact) mass is 441 g/mol. The van der Waals surface area contributed by atoms with Gasteiger partial charge in [-0.1, -0.05) is 11.2 Å². The highest BCUT2D eigenvalue weighted by Gasteiger charge is 2.25. The molecule has 1 N–H and O–H groups in total. The quantitative estimate of drug-likeness (QED) is 0.666. The molecule has 0 atom stereocenters. The highest BCUT2D eigenvalue weighted by atomic mass is 32.2. The first-order valence-electron chi connectivity index (χ1n) is 9.60. The number of thiophene rings is 1. The van der Waals surface area contributed by atoms with Crippen molar-refractivity contribution in [3.05, 3.63) is 47.2 Å². The van der Waals surface area contributed by atoms with E-state index in [1.165, 1.54) is 11.8 Å². The van der Waals surface area contributed by atoms with Crippen LogP contribution in [0.2, 0.25) is 0 Å². The number of piperazine rings is 1. The van der Waals surface area contributed by atoms with Gasteiger partial charge in [0.2, 0.25) is 17.6 Å². The van der Waals surface area contributed by atoms with Crippen LogP contribution in [0, 0.1) is 0 Å². The SMILES string of the molecule is O=C1CSc2ccc(C(=O)N3CCN(Cc4nc(-c5cccs5)no4)CC3)cc2N1. The van der Waals surface area contributed by atoms with Gasteiger partial charge < -0.3 is 14.7 Å². The molecule has 30 heavy (non-hydrogen) atoms. The largest absolute Gasteiger partial charge is 0.338 e. The highest BCUT2D eigenvalue weighted by molar-refractivity contribution is 8.00. The lowest BCUT2D eigenvalue weighted by molar-refractivity contribution is -0.113. The Hall–Kier alpha value is -2.69. The molecular weight excluding hydrogens is 422 g/mol. The van der Waals surface area contributed by atoms with Crippen LogP contribution in [0.25, 0.3) is 10.7 Å². The predicted molar refractivity (Wildman–Crippen MR) is 115 cm³/mol. The van der Waals surface area contributed by atoms with Crippen molar-refractivity contribution in [3.63, 3.8) is 0 Å². The number of anilines is 1. The molecule has 0 aliphatic carbocycles. The van der Waals surface area contributed by atoms with Crippen LogP contribution < -0.4 is 5.32 Å². The zero-order chi connectivity index (χ0) is 20.5. The maximum Gasteiger partial charge on any atom is 0.254 e. The molecule has 0 unspecified atom stereocenters. The number of hydrogen-bond donors (Lipinski definition) is 1. The molecule has 0 radical (unpaired) electrons. The van der Waals surface area contributed by atoms with E-state index >= 15 is 0 Å². The van der Waals surface area contributed by atoms with E-state index in [2.05, 4.69) is 20.4 Å². The van der Waals surface area contributed by atoms with Crippen LogP contribution in [0.1, 0.15) is 16.2 Å². The van der Waals surface area contributed by atoms with Gasteiger partial charge in [0.25, 0.3) is 5.91 Å². The van der Waals surface area contributed by atoms with Crippen molar-refractivity contribution < 1.29 is 14.1 Å². The second kappa shape index (κ2) is 8.21. The third-order valence-electron chi connectivity index (χ3n) is 5.09. The van der Waals surface area contributed by atoms with Crippen LogP contribution in [0.15, 0.2) is 45.1 Å². The van der Waals surface area contributed by atoms with E-state index in [0.29, 0.717) is 42.7 Å². The number of aromatic nitrogens is 2. The van der Waals surface area contributed by atoms with Gasteiger partial charge in [-0.25, -0.2) is 0 Å². The number of rotatable bonds is 4. The molecule has 2 aliphatic rings. The van der Waals surface area contributed by atoms with Crippen LogP contribution in [-0.2, 0) is 11.3 Å². The van der Waals surface area contributed by atoms with Gasteiger partial charge >= 0.3 is 0 Å². The molecule has 4 heterocycles. The third-order valence-corrected chi connectivity index (χ3v) is 7.03. The van der Waals surface area contributed by atoms with E-state index in [1.807, 2.05) is 34.5 Å². The number of thioether (sulfide) groups is 1. The van der Waals surface area contributed by atoms with Crippen molar-refractivity contribution in [2.45, 2.75) is 11.4 Å². The molecule has 2 aliphatic heterocycles. The molecule has 1 fully saturated rings. The normalized spacial score (nSPS) is 16.9. The zero-order valence-corrected chi connectivity index (χ0v) is 17.7. The molecule has 2 amide bonds. The Labute approximate surface area is 181 Å². The molecule has 0 bridgehead atoms. The van der Waals surface area contributed by atoms with Crippen LogP contribution in [-0.4, -0.2) is 63.7 Å². The summed E-state index contributed by atoms with van der Waals surface area (Å²) < 4.78 is 5.38. The van der Waals surface area contributed by atoms with Gasteiger partial charge in [0, 0.05) is 36.6 Å². The van der Waals surface area contributed by atoms with Gasteiger partial charge in [-0.3, -0.25) is 14.5 Å². The number of fused-ring (bicyclic) bond motifs is 1. The lowest BCUT2D eigenvalue weighted by Gasteiger charge is -2.34. The van der Waals surface area contributed by atoms with E-state index in [9.17, 15) is 9.59 Å². The van der Waals surface area contributed by atoms with Crippen LogP contribution >= 0.6 is 23.1 Å². The van der Waals surface area contributed by atoms with Crippen molar-refractivity contribution in [2.24, 2.45) is 0 Å². The summed E-state index contributed by atoms with van der Waals surface area (Å²) in [5.74, 6) is 1.57. The molecule has 8 nitrogen and oxygen atoms in total. The molecule has 0 spiro atoms. The average molecular weight is 442 g/mol. The average Bonchev–Trinajstić information content (AvgIpc) is 3.45. The lowest BCUT2D eigenvalue weighted by Crippen LogP contribution is -2.48. The van der Waals surface area contributed by atoms with Gasteiger partial charge in [-0.2, -0.15) is 4.98 Å². The second-order valence-corrected chi connectivity index (χ2v) is 9.07. The molecule has 3 aromatic rings. The summed E-state index contributed by atoms with van der Waals surface area (Å²) in [6, 6.07) is 9.45. The van der Waals surface area contributed by atoms with Crippen LogP contribution in [0.3, 0.4) is 0 Å². The Morgan fingerprint density at radius 3 is 2.87 bits per heavy atom. The van der Waals surface area contributed by atoms with E-state index in [1.54, 1.807) is 17.4 Å². The van der Waals surface area contributed by atoms with Gasteiger partial charge in [0.05, 0.1) is 22.9 Å². The topological polar surface area (TPSA) is 91.6 Å². The fourth-order valence-electron chi connectivity index (χ4n) is 3.52. The van der Waals surface area contributed by atoms with Crippen molar-refractivity contribution in [2.75, 3.05) is 37.2 Å². The number of nitrogens with one attached hydrogen (secondary N) is 1. The number of amides is 2. The summed E-state index contributed by atoms with van der Waals surface area (Å²) in [7, 11) is 0. The summed E-state index contributed by atoms with van der Waals surface area (Å²) in [6.45, 7) is 3.30. The summed E-state index contributed by atoms with van der Waals surface area (Å²) in [5, 5.41) is 8.88. The summed E-state index contributed by atoms with van der Waals surface area (Å²) >= 11 is 3.07. The molecular formula is C20H19N5O3S2. The minimum atomic E-state index is -0.0334. The van der Waals surface area contributed by atoms with Crippen molar-refractivity contribution in [1.82, 2.24) is 19.9 Å². The van der Waals surface area contributed by atoms with E-state index in [-0.39, 0.29) is 11.8 Å². The maximum atomic E-state index is 12.9. The second-order valence-electron chi connectivity index (χ2n) is 7.11. The Morgan fingerprint density at radius 1 is 1.20 bits per heavy atom. The van der Waals surface area contributed by atoms with Gasteiger partial charge in [-0.15, -0.1) is 23.1 Å². The smallest absolute Gasteiger partial charge is 0.254 e. The van der Waals surface area contributed by atoms with Crippen LogP contribution in [0.5, 0.6) is 0 Å². The van der Waals surface area contributed by atoms with Crippen molar-refractivity contribution in [1.29, 1.82) is 0 Å². The van der Waals surface area contributed by atoms with Crippen molar-refractivity contribution >= 4 is 40.6 Å². The molecule has 0 saturated carbocycles. The van der Waals surface area contributed by atoms with Gasteiger partial charge in [0.1, 0.15) is 0 Å². The zero-order valence-electron chi connectivity index (χ0n) is 16.0. The lowest BCUT2D eigenvalue weighted by atomic mass is 10.1. The Kier molecular flexibility index (Phi) is 5.28. The van der Waals surface area contributed by atoms with E-state index in [0.717, 1.165) is 28.5 Å². The first-order valence-corrected chi connectivity index (χ1v) is 11.5. The number of carbonyl (C=O) groups is 2. The molecule has 1 aromatic carbocycles. The minimum Gasteiger partial charge on any atom is -0.338 e. The summed E-state index contributed by atoms with van der Waals surface area (Å²) in [6.07, 6.45) is 0. The minimum absolute atomic E-state index is 0.0138. The fraction of sp³-hybridized carbons (Fsp3) is 0.300. The number of nitrogens with zero attached hydrogens (tertiary/aromatic N) is 4.